The Morgan fingerprint density at radius 2 is 1.93 bits per heavy atom. The van der Waals surface area contributed by atoms with Crippen molar-refractivity contribution in [2.24, 2.45) is 0 Å². The number of piperazine rings is 1. The minimum atomic E-state index is 0.165. The van der Waals surface area contributed by atoms with Gasteiger partial charge in [-0.3, -0.25) is 4.79 Å². The second-order valence-corrected chi connectivity index (χ2v) is 7.06. The van der Waals surface area contributed by atoms with E-state index in [9.17, 15) is 4.79 Å². The molecule has 0 radical (unpaired) electrons. The monoisotopic (exact) mass is 368 g/mol. The van der Waals surface area contributed by atoms with Crippen LogP contribution < -0.4 is 14.4 Å². The van der Waals surface area contributed by atoms with Gasteiger partial charge in [-0.05, 0) is 43.2 Å². The van der Waals surface area contributed by atoms with Crippen molar-refractivity contribution >= 4 is 11.6 Å². The number of aryl methyl sites for hydroxylation is 1. The lowest BCUT2D eigenvalue weighted by molar-refractivity contribution is -0.131. The van der Waals surface area contributed by atoms with Crippen molar-refractivity contribution in [3.05, 3.63) is 53.6 Å². The maximum atomic E-state index is 12.8. The number of benzene rings is 2. The first-order valence-corrected chi connectivity index (χ1v) is 9.34. The standard InChI is InChI=1S/C22H28N2O3/c1-16-8-9-18(12-21(16)27-4)13-22(25)23-10-11-24(17(2)15-23)19-6-5-7-20(14-19)26-3/h5-9,12,14,17H,10-11,13,15H2,1-4H3/t17-/m0/s1. The van der Waals surface area contributed by atoms with Crippen LogP contribution in [0.25, 0.3) is 0 Å². The molecular formula is C22H28N2O3. The van der Waals surface area contributed by atoms with Crippen LogP contribution in [0.3, 0.4) is 0 Å². The summed E-state index contributed by atoms with van der Waals surface area (Å²) >= 11 is 0. The van der Waals surface area contributed by atoms with Crippen molar-refractivity contribution in [1.29, 1.82) is 0 Å². The third-order valence-electron chi connectivity index (χ3n) is 5.19. The van der Waals surface area contributed by atoms with Gasteiger partial charge in [0.05, 0.1) is 20.6 Å². The zero-order chi connectivity index (χ0) is 19.4. The third-order valence-corrected chi connectivity index (χ3v) is 5.19. The van der Waals surface area contributed by atoms with Gasteiger partial charge in [-0.15, -0.1) is 0 Å². The number of hydrogen-bond acceptors (Lipinski definition) is 4. The second kappa shape index (κ2) is 8.33. The van der Waals surface area contributed by atoms with Crippen molar-refractivity contribution in [1.82, 2.24) is 4.90 Å². The molecule has 0 saturated carbocycles. The maximum absolute atomic E-state index is 12.8. The largest absolute Gasteiger partial charge is 0.497 e. The lowest BCUT2D eigenvalue weighted by Crippen LogP contribution is -2.54. The molecule has 5 nitrogen and oxygen atoms in total. The number of hydrogen-bond donors (Lipinski definition) is 0. The van der Waals surface area contributed by atoms with Crippen LogP contribution in [-0.2, 0) is 11.2 Å². The normalized spacial score (nSPS) is 17.0. The molecule has 144 valence electrons. The van der Waals surface area contributed by atoms with E-state index in [0.717, 1.165) is 47.9 Å². The molecule has 0 unspecified atom stereocenters. The number of amides is 1. The Kier molecular flexibility index (Phi) is 5.89. The fraction of sp³-hybridized carbons (Fsp3) is 0.409. The molecule has 1 aliphatic rings. The molecule has 1 heterocycles. The van der Waals surface area contributed by atoms with Crippen molar-refractivity contribution in [2.75, 3.05) is 38.8 Å². The predicted molar refractivity (Wildman–Crippen MR) is 108 cm³/mol. The first-order chi connectivity index (χ1) is 13.0. The Morgan fingerprint density at radius 1 is 1.11 bits per heavy atom. The first-order valence-electron chi connectivity index (χ1n) is 9.34. The lowest BCUT2D eigenvalue weighted by Gasteiger charge is -2.41. The van der Waals surface area contributed by atoms with Gasteiger partial charge in [0.15, 0.2) is 0 Å². The van der Waals surface area contributed by atoms with Gasteiger partial charge in [0, 0.05) is 37.4 Å². The number of carbonyl (C=O) groups is 1. The molecule has 1 amide bonds. The van der Waals surface area contributed by atoms with E-state index in [0.29, 0.717) is 6.42 Å². The van der Waals surface area contributed by atoms with Crippen molar-refractivity contribution < 1.29 is 14.3 Å². The van der Waals surface area contributed by atoms with Gasteiger partial charge in [0.25, 0.3) is 0 Å². The predicted octanol–water partition coefficient (Wildman–Crippen LogP) is 3.29. The topological polar surface area (TPSA) is 42.0 Å². The summed E-state index contributed by atoms with van der Waals surface area (Å²) in [4.78, 5) is 17.1. The summed E-state index contributed by atoms with van der Waals surface area (Å²) in [6, 6.07) is 14.3. The average Bonchev–Trinajstić information content (AvgIpc) is 2.69. The number of nitrogens with zero attached hydrogens (tertiary/aromatic N) is 2. The average molecular weight is 368 g/mol. The minimum absolute atomic E-state index is 0.165. The summed E-state index contributed by atoms with van der Waals surface area (Å²) in [6.07, 6.45) is 0.405. The van der Waals surface area contributed by atoms with Crippen molar-refractivity contribution in [3.8, 4) is 11.5 Å². The summed E-state index contributed by atoms with van der Waals surface area (Å²) in [7, 11) is 3.34. The van der Waals surface area contributed by atoms with E-state index in [1.165, 1.54) is 0 Å². The highest BCUT2D eigenvalue weighted by Gasteiger charge is 2.27. The lowest BCUT2D eigenvalue weighted by atomic mass is 10.1. The fourth-order valence-corrected chi connectivity index (χ4v) is 3.62. The molecule has 5 heteroatoms. The summed E-state index contributed by atoms with van der Waals surface area (Å²) < 4.78 is 10.7. The maximum Gasteiger partial charge on any atom is 0.227 e. The van der Waals surface area contributed by atoms with Crippen LogP contribution in [0.4, 0.5) is 5.69 Å². The van der Waals surface area contributed by atoms with Gasteiger partial charge in [-0.2, -0.15) is 0 Å². The number of ether oxygens (including phenoxy) is 2. The summed E-state index contributed by atoms with van der Waals surface area (Å²) in [5.41, 5.74) is 3.21. The van der Waals surface area contributed by atoms with Crippen LogP contribution in [0.15, 0.2) is 42.5 Å². The van der Waals surface area contributed by atoms with Crippen LogP contribution >= 0.6 is 0 Å². The Labute approximate surface area is 161 Å². The third kappa shape index (κ3) is 4.35. The summed E-state index contributed by atoms with van der Waals surface area (Å²) in [6.45, 7) is 6.43. The van der Waals surface area contributed by atoms with Crippen LogP contribution in [-0.4, -0.2) is 50.7 Å². The molecular weight excluding hydrogens is 340 g/mol. The molecule has 1 saturated heterocycles. The fourth-order valence-electron chi connectivity index (χ4n) is 3.62. The smallest absolute Gasteiger partial charge is 0.227 e. The summed E-state index contributed by atoms with van der Waals surface area (Å²) in [5, 5.41) is 0. The molecule has 27 heavy (non-hydrogen) atoms. The Morgan fingerprint density at radius 3 is 2.63 bits per heavy atom. The molecule has 0 bridgehead atoms. The van der Waals surface area contributed by atoms with Gasteiger partial charge in [0.2, 0.25) is 5.91 Å². The van der Waals surface area contributed by atoms with Crippen LogP contribution in [0.2, 0.25) is 0 Å². The molecule has 0 N–H and O–H groups in total. The van der Waals surface area contributed by atoms with E-state index in [4.69, 9.17) is 9.47 Å². The number of methoxy groups -OCH3 is 2. The molecule has 2 aromatic carbocycles. The molecule has 3 rings (SSSR count). The highest BCUT2D eigenvalue weighted by molar-refractivity contribution is 5.79. The molecule has 1 atom stereocenters. The van der Waals surface area contributed by atoms with E-state index >= 15 is 0 Å². The zero-order valence-corrected chi connectivity index (χ0v) is 16.6. The Hall–Kier alpha value is -2.69. The number of rotatable bonds is 5. The van der Waals surface area contributed by atoms with Gasteiger partial charge in [-0.1, -0.05) is 18.2 Å². The van der Waals surface area contributed by atoms with Crippen molar-refractivity contribution in [2.45, 2.75) is 26.3 Å². The van der Waals surface area contributed by atoms with E-state index < -0.39 is 0 Å². The Bertz CT molecular complexity index is 806. The molecule has 0 aromatic heterocycles. The van der Waals surface area contributed by atoms with E-state index in [1.54, 1.807) is 14.2 Å². The Balaban J connectivity index is 1.64. The van der Waals surface area contributed by atoms with Gasteiger partial charge in [0.1, 0.15) is 11.5 Å². The molecule has 0 spiro atoms. The first kappa shape index (κ1) is 19.1. The van der Waals surface area contributed by atoms with Crippen molar-refractivity contribution in [3.63, 3.8) is 0 Å². The number of anilines is 1. The molecule has 1 fully saturated rings. The van der Waals surface area contributed by atoms with Crippen LogP contribution in [0.5, 0.6) is 11.5 Å². The quantitative estimate of drug-likeness (QED) is 0.812. The molecule has 2 aromatic rings. The zero-order valence-electron chi connectivity index (χ0n) is 16.6. The van der Waals surface area contributed by atoms with Gasteiger partial charge >= 0.3 is 0 Å². The van der Waals surface area contributed by atoms with E-state index in [2.05, 4.69) is 17.9 Å². The second-order valence-electron chi connectivity index (χ2n) is 7.06. The van der Waals surface area contributed by atoms with Crippen LogP contribution in [0, 0.1) is 6.92 Å². The highest BCUT2D eigenvalue weighted by Crippen LogP contribution is 2.25. The SMILES string of the molecule is COc1cccc(N2CCN(C(=O)Cc3ccc(C)c(OC)c3)C[C@@H]2C)c1. The summed E-state index contributed by atoms with van der Waals surface area (Å²) in [5.74, 6) is 1.85. The van der Waals surface area contributed by atoms with E-state index in [-0.39, 0.29) is 11.9 Å². The molecule has 0 aliphatic carbocycles. The highest BCUT2D eigenvalue weighted by atomic mass is 16.5. The van der Waals surface area contributed by atoms with Gasteiger partial charge in [-0.25, -0.2) is 0 Å². The van der Waals surface area contributed by atoms with Crippen LogP contribution in [0.1, 0.15) is 18.1 Å². The minimum Gasteiger partial charge on any atom is -0.497 e. The number of carbonyl (C=O) groups excluding carboxylic acids is 1. The van der Waals surface area contributed by atoms with E-state index in [1.807, 2.05) is 48.2 Å². The van der Waals surface area contributed by atoms with Gasteiger partial charge < -0.3 is 19.3 Å². The molecule has 1 aliphatic heterocycles.